The smallest absolute Gasteiger partial charge is 0.271 e. The molecule has 0 atom stereocenters. The molecule has 1 aliphatic rings. The molecule has 0 N–H and O–H groups in total. The topological polar surface area (TPSA) is 56.9 Å². The van der Waals surface area contributed by atoms with Crippen LogP contribution in [-0.4, -0.2) is 14.1 Å². The number of aryl methyl sites for hydroxylation is 1. The molecule has 1 saturated carbocycles. The van der Waals surface area contributed by atoms with Crippen LogP contribution in [0.5, 0.6) is 0 Å². The largest absolute Gasteiger partial charge is 0.328 e. The molecule has 1 fully saturated rings. The highest BCUT2D eigenvalue weighted by atomic mass is 16.1. The average molecular weight is 385 g/mol. The molecule has 2 heterocycles. The zero-order chi connectivity index (χ0) is 20.3. The summed E-state index contributed by atoms with van der Waals surface area (Å²) in [5, 5.41) is 0.691. The molecule has 0 radical (unpaired) electrons. The van der Waals surface area contributed by atoms with Crippen molar-refractivity contribution in [3.8, 4) is 5.69 Å². The molecule has 2 aromatic heterocycles. The van der Waals surface area contributed by atoms with Gasteiger partial charge in [-0.25, -0.2) is 4.98 Å². The van der Waals surface area contributed by atoms with Crippen molar-refractivity contribution in [2.75, 3.05) is 0 Å². The van der Waals surface area contributed by atoms with E-state index < -0.39 is 0 Å². The molecule has 0 saturated heterocycles. The van der Waals surface area contributed by atoms with Gasteiger partial charge in [0.15, 0.2) is 5.65 Å². The van der Waals surface area contributed by atoms with Crippen molar-refractivity contribution in [2.45, 2.75) is 32.6 Å². The van der Waals surface area contributed by atoms with Gasteiger partial charge < -0.3 is 4.57 Å². The minimum Gasteiger partial charge on any atom is -0.328 e. The summed E-state index contributed by atoms with van der Waals surface area (Å²) in [6.45, 7) is 4.47. The molecule has 4 aromatic rings. The highest BCUT2D eigenvalue weighted by Gasteiger charge is 2.40. The molecule has 5 nitrogen and oxygen atoms in total. The molecule has 1 aliphatic carbocycles. The van der Waals surface area contributed by atoms with Crippen molar-refractivity contribution >= 4 is 21.9 Å². The summed E-state index contributed by atoms with van der Waals surface area (Å²) >= 11 is 0. The second-order valence-corrected chi connectivity index (χ2v) is 8.82. The summed E-state index contributed by atoms with van der Waals surface area (Å²) in [5.41, 5.74) is 1.71. The monoisotopic (exact) mass is 385 g/mol. The first-order valence-corrected chi connectivity index (χ1v) is 9.97. The first-order valence-electron chi connectivity index (χ1n) is 9.97. The number of hydrogen-bond acceptors (Lipinski definition) is 3. The number of para-hydroxylation sites is 2. The van der Waals surface area contributed by atoms with Gasteiger partial charge in [-0.15, -0.1) is 0 Å². The molecule has 5 heteroatoms. The van der Waals surface area contributed by atoms with Crippen molar-refractivity contribution in [2.24, 2.45) is 12.5 Å². The molecule has 0 spiro atoms. The molecule has 0 bridgehead atoms. The van der Waals surface area contributed by atoms with E-state index in [4.69, 9.17) is 4.98 Å². The summed E-state index contributed by atoms with van der Waals surface area (Å²) in [4.78, 5) is 31.9. The molecule has 0 amide bonds. The van der Waals surface area contributed by atoms with Gasteiger partial charge in [-0.1, -0.05) is 44.2 Å². The molecule has 146 valence electrons. The SMILES string of the molecule is Cn1c2ccccc2c(=O)c2c(=O)n(-c3ccccc3)c(C3CC(C)(C)C3)nc21. The van der Waals surface area contributed by atoms with Crippen LogP contribution < -0.4 is 11.0 Å². The molecular formula is C24H23N3O2. The third-order valence-corrected chi connectivity index (χ3v) is 6.12. The molecule has 29 heavy (non-hydrogen) atoms. The molecule has 0 unspecified atom stereocenters. The van der Waals surface area contributed by atoms with Crippen LogP contribution in [0.25, 0.3) is 27.6 Å². The highest BCUT2D eigenvalue weighted by molar-refractivity contribution is 5.91. The Morgan fingerprint density at radius 2 is 1.62 bits per heavy atom. The summed E-state index contributed by atoms with van der Waals surface area (Å²) in [5.74, 6) is 0.946. The molecule has 0 aliphatic heterocycles. The fourth-order valence-electron chi connectivity index (χ4n) is 4.73. The molecule has 5 rings (SSSR count). The van der Waals surface area contributed by atoms with Crippen molar-refractivity contribution < 1.29 is 0 Å². The van der Waals surface area contributed by atoms with Gasteiger partial charge >= 0.3 is 0 Å². The number of rotatable bonds is 2. The minimum atomic E-state index is -0.285. The van der Waals surface area contributed by atoms with Crippen LogP contribution in [0.15, 0.2) is 64.2 Å². The lowest BCUT2D eigenvalue weighted by atomic mass is 9.64. The number of hydrogen-bond donors (Lipinski definition) is 0. The van der Waals surface area contributed by atoms with E-state index >= 15 is 0 Å². The van der Waals surface area contributed by atoms with Crippen molar-refractivity contribution in [3.05, 3.63) is 81.0 Å². The van der Waals surface area contributed by atoms with Crippen LogP contribution in [0.4, 0.5) is 0 Å². The zero-order valence-corrected chi connectivity index (χ0v) is 16.8. The lowest BCUT2D eigenvalue weighted by molar-refractivity contribution is 0.144. The minimum absolute atomic E-state index is 0.150. The Morgan fingerprint density at radius 3 is 2.31 bits per heavy atom. The van der Waals surface area contributed by atoms with Gasteiger partial charge in [-0.2, -0.15) is 0 Å². The second kappa shape index (κ2) is 6.14. The van der Waals surface area contributed by atoms with E-state index in [0.717, 1.165) is 29.9 Å². The maximum Gasteiger partial charge on any atom is 0.271 e. The number of fused-ring (bicyclic) bond motifs is 2. The van der Waals surface area contributed by atoms with E-state index in [2.05, 4.69) is 13.8 Å². The molecular weight excluding hydrogens is 362 g/mol. The van der Waals surface area contributed by atoms with Crippen molar-refractivity contribution in [1.29, 1.82) is 0 Å². The van der Waals surface area contributed by atoms with Crippen molar-refractivity contribution in [1.82, 2.24) is 14.1 Å². The fourth-order valence-corrected chi connectivity index (χ4v) is 4.73. The predicted octanol–water partition coefficient (Wildman–Crippen LogP) is 4.14. The van der Waals surface area contributed by atoms with Crippen LogP contribution >= 0.6 is 0 Å². The van der Waals surface area contributed by atoms with E-state index in [1.807, 2.05) is 60.1 Å². The quantitative estimate of drug-likeness (QED) is 0.487. The van der Waals surface area contributed by atoms with Gasteiger partial charge in [0, 0.05) is 18.4 Å². The van der Waals surface area contributed by atoms with Crippen LogP contribution in [0.3, 0.4) is 0 Å². The van der Waals surface area contributed by atoms with Crippen LogP contribution in [0, 0.1) is 5.41 Å². The Hall–Kier alpha value is -3.21. The summed E-state index contributed by atoms with van der Waals surface area (Å²) in [6.07, 6.45) is 1.94. The Morgan fingerprint density at radius 1 is 0.966 bits per heavy atom. The van der Waals surface area contributed by atoms with E-state index in [-0.39, 0.29) is 27.7 Å². The standard InChI is InChI=1S/C24H23N3O2/c1-24(2)13-15(14-24)21-25-22-19(23(29)27(21)16-9-5-4-6-10-16)20(28)17-11-7-8-12-18(17)26(22)3/h4-12,15H,13-14H2,1-3H3. The van der Waals surface area contributed by atoms with E-state index in [1.165, 1.54) is 0 Å². The van der Waals surface area contributed by atoms with Gasteiger partial charge in [0.2, 0.25) is 5.43 Å². The van der Waals surface area contributed by atoms with Crippen LogP contribution in [0.1, 0.15) is 38.4 Å². The van der Waals surface area contributed by atoms with Gasteiger partial charge in [0.05, 0.1) is 11.2 Å². The van der Waals surface area contributed by atoms with Crippen molar-refractivity contribution in [3.63, 3.8) is 0 Å². The third-order valence-electron chi connectivity index (χ3n) is 6.12. The van der Waals surface area contributed by atoms with E-state index in [0.29, 0.717) is 11.0 Å². The number of aromatic nitrogens is 3. The van der Waals surface area contributed by atoms with Gasteiger partial charge in [-0.3, -0.25) is 14.2 Å². The Balaban J connectivity index is 1.92. The van der Waals surface area contributed by atoms with E-state index in [9.17, 15) is 9.59 Å². The predicted molar refractivity (Wildman–Crippen MR) is 116 cm³/mol. The van der Waals surface area contributed by atoms with E-state index in [1.54, 1.807) is 10.6 Å². The van der Waals surface area contributed by atoms with Gasteiger partial charge in [-0.05, 0) is 42.5 Å². The van der Waals surface area contributed by atoms with Crippen LogP contribution in [-0.2, 0) is 7.05 Å². The maximum atomic E-state index is 13.7. The van der Waals surface area contributed by atoms with Crippen LogP contribution in [0.2, 0.25) is 0 Å². The average Bonchev–Trinajstić information content (AvgIpc) is 2.70. The first kappa shape index (κ1) is 17.9. The number of benzene rings is 2. The fraction of sp³-hybridized carbons (Fsp3) is 0.292. The Labute approximate surface area is 168 Å². The lowest BCUT2D eigenvalue weighted by Gasteiger charge is -2.42. The maximum absolute atomic E-state index is 13.7. The van der Waals surface area contributed by atoms with Gasteiger partial charge in [0.25, 0.3) is 5.56 Å². The zero-order valence-electron chi connectivity index (χ0n) is 16.8. The summed E-state index contributed by atoms with van der Waals surface area (Å²) < 4.78 is 3.52. The lowest BCUT2D eigenvalue weighted by Crippen LogP contribution is -2.37. The highest BCUT2D eigenvalue weighted by Crippen LogP contribution is 2.50. The van der Waals surface area contributed by atoms with Gasteiger partial charge in [0.1, 0.15) is 11.2 Å². The normalized spacial score (nSPS) is 16.2. The molecule has 2 aromatic carbocycles. The second-order valence-electron chi connectivity index (χ2n) is 8.82. The summed E-state index contributed by atoms with van der Waals surface area (Å²) in [7, 11) is 1.87. The Kier molecular flexibility index (Phi) is 3.78. The first-order chi connectivity index (χ1) is 13.9. The Bertz CT molecular complexity index is 1370. The number of nitrogens with zero attached hydrogens (tertiary/aromatic N) is 3. The number of pyridine rings is 1. The summed E-state index contributed by atoms with van der Waals surface area (Å²) in [6, 6.07) is 16.9. The third kappa shape index (κ3) is 2.64.